The predicted octanol–water partition coefficient (Wildman–Crippen LogP) is 3.79. The summed E-state index contributed by atoms with van der Waals surface area (Å²) in [6, 6.07) is 14.8. The van der Waals surface area contributed by atoms with E-state index in [1.165, 1.54) is 0 Å². The van der Waals surface area contributed by atoms with Gasteiger partial charge in [-0.15, -0.1) is 5.10 Å². The van der Waals surface area contributed by atoms with Crippen LogP contribution >= 0.6 is 23.2 Å². The normalized spacial score (nSPS) is 16.0. The van der Waals surface area contributed by atoms with Crippen molar-refractivity contribution in [2.45, 2.75) is 25.8 Å². The van der Waals surface area contributed by atoms with Crippen LogP contribution in [0.25, 0.3) is 0 Å². The van der Waals surface area contributed by atoms with E-state index in [9.17, 15) is 4.79 Å². The number of hydrogen-bond acceptors (Lipinski definition) is 4. The predicted molar refractivity (Wildman–Crippen MR) is 102 cm³/mol. The Morgan fingerprint density at radius 1 is 1.19 bits per heavy atom. The molecule has 2 aromatic carbocycles. The molecular weight excluding hydrogens is 387 g/mol. The topological polar surface area (TPSA) is 69.0 Å². The molecule has 2 heterocycles. The van der Waals surface area contributed by atoms with Crippen LogP contribution in [0.4, 0.5) is 0 Å². The van der Waals surface area contributed by atoms with Gasteiger partial charge in [0.2, 0.25) is 0 Å². The monoisotopic (exact) mass is 402 g/mol. The van der Waals surface area contributed by atoms with Gasteiger partial charge in [-0.1, -0.05) is 52.7 Å². The van der Waals surface area contributed by atoms with Gasteiger partial charge >= 0.3 is 0 Å². The van der Waals surface area contributed by atoms with Crippen molar-refractivity contribution in [1.82, 2.24) is 20.3 Å². The second kappa shape index (κ2) is 7.68. The van der Waals surface area contributed by atoms with Crippen LogP contribution in [0.3, 0.4) is 0 Å². The largest absolute Gasteiger partial charge is 0.365 e. The number of carbonyl (C=O) groups excluding carboxylic acids is 1. The molecule has 3 aromatic rings. The first-order chi connectivity index (χ1) is 13.1. The Balaban J connectivity index is 1.44. The van der Waals surface area contributed by atoms with E-state index in [-0.39, 0.29) is 24.3 Å². The quantitative estimate of drug-likeness (QED) is 0.720. The van der Waals surface area contributed by atoms with Gasteiger partial charge in [-0.3, -0.25) is 4.79 Å². The van der Waals surface area contributed by atoms with Crippen LogP contribution in [-0.2, 0) is 24.4 Å². The average molecular weight is 403 g/mol. The van der Waals surface area contributed by atoms with E-state index >= 15 is 0 Å². The molecule has 0 radical (unpaired) electrons. The van der Waals surface area contributed by atoms with Gasteiger partial charge in [-0.2, -0.15) is 0 Å². The van der Waals surface area contributed by atoms with Crippen LogP contribution in [0.1, 0.15) is 33.4 Å². The maximum Gasteiger partial charge on any atom is 0.274 e. The molecule has 0 spiro atoms. The molecule has 6 nitrogen and oxygen atoms in total. The van der Waals surface area contributed by atoms with E-state index in [2.05, 4.69) is 15.6 Å². The number of amides is 1. The number of nitrogens with one attached hydrogen (secondary N) is 1. The molecule has 0 saturated carbocycles. The molecule has 138 valence electrons. The number of aromatic nitrogens is 3. The fourth-order valence-electron chi connectivity index (χ4n) is 2.98. The average Bonchev–Trinajstić information content (AvgIpc) is 3.10. The van der Waals surface area contributed by atoms with Crippen LogP contribution in [0.15, 0.2) is 48.5 Å². The molecular formula is C19H16Cl2N4O2. The van der Waals surface area contributed by atoms with Gasteiger partial charge in [0.05, 0.1) is 18.8 Å². The van der Waals surface area contributed by atoms with E-state index in [1.54, 1.807) is 10.7 Å². The van der Waals surface area contributed by atoms with E-state index < -0.39 is 0 Å². The van der Waals surface area contributed by atoms with Crippen molar-refractivity contribution in [1.29, 1.82) is 0 Å². The number of rotatable bonds is 4. The van der Waals surface area contributed by atoms with Crippen LogP contribution in [0, 0.1) is 0 Å². The van der Waals surface area contributed by atoms with Crippen LogP contribution < -0.4 is 5.32 Å². The van der Waals surface area contributed by atoms with Crippen molar-refractivity contribution in [3.63, 3.8) is 0 Å². The zero-order chi connectivity index (χ0) is 18.8. The smallest absolute Gasteiger partial charge is 0.274 e. The molecule has 0 unspecified atom stereocenters. The minimum Gasteiger partial charge on any atom is -0.365 e. The molecule has 1 atom stereocenters. The highest BCUT2D eigenvalue weighted by Crippen LogP contribution is 2.27. The third kappa shape index (κ3) is 3.98. The second-order valence-electron chi connectivity index (χ2n) is 6.23. The molecule has 0 bridgehead atoms. The van der Waals surface area contributed by atoms with Crippen molar-refractivity contribution in [2.75, 3.05) is 0 Å². The summed E-state index contributed by atoms with van der Waals surface area (Å²) in [7, 11) is 0. The first kappa shape index (κ1) is 18.0. The zero-order valence-corrected chi connectivity index (χ0v) is 15.7. The highest BCUT2D eigenvalue weighted by atomic mass is 35.5. The van der Waals surface area contributed by atoms with Gasteiger partial charge in [-0.05, 0) is 35.4 Å². The minimum absolute atomic E-state index is 0.154. The standard InChI is InChI=1S/C19H16Cl2N4O2/c20-14-6-4-13(5-7-14)17-10-25-16(11-27-17)18(23-24-25)19(26)22-9-12-2-1-3-15(21)8-12/h1-8,17H,9-11H2,(H,22,26)/t17-/m1/s1. The lowest BCUT2D eigenvalue weighted by Gasteiger charge is -2.24. The van der Waals surface area contributed by atoms with E-state index in [0.29, 0.717) is 28.8 Å². The van der Waals surface area contributed by atoms with Gasteiger partial charge in [0.25, 0.3) is 5.91 Å². The van der Waals surface area contributed by atoms with E-state index in [1.807, 2.05) is 42.5 Å². The Morgan fingerprint density at radius 3 is 2.78 bits per heavy atom. The molecule has 8 heteroatoms. The lowest BCUT2D eigenvalue weighted by atomic mass is 10.1. The summed E-state index contributed by atoms with van der Waals surface area (Å²) >= 11 is 11.9. The Bertz CT molecular complexity index is 972. The first-order valence-corrected chi connectivity index (χ1v) is 9.18. The minimum atomic E-state index is -0.287. The van der Waals surface area contributed by atoms with Gasteiger partial charge in [0.15, 0.2) is 5.69 Å². The van der Waals surface area contributed by atoms with Crippen molar-refractivity contribution in [3.8, 4) is 0 Å². The molecule has 4 rings (SSSR count). The second-order valence-corrected chi connectivity index (χ2v) is 7.10. The van der Waals surface area contributed by atoms with Crippen LogP contribution in [0.5, 0.6) is 0 Å². The summed E-state index contributed by atoms with van der Waals surface area (Å²) in [6.07, 6.45) is -0.154. The number of nitrogens with zero attached hydrogens (tertiary/aromatic N) is 3. The number of benzene rings is 2. The molecule has 1 aromatic heterocycles. The van der Waals surface area contributed by atoms with Gasteiger partial charge < -0.3 is 10.1 Å². The molecule has 1 amide bonds. The number of fused-ring (bicyclic) bond motifs is 1. The van der Waals surface area contributed by atoms with Gasteiger partial charge in [-0.25, -0.2) is 4.68 Å². The summed E-state index contributed by atoms with van der Waals surface area (Å²) in [4.78, 5) is 12.5. The Labute approximate surface area is 166 Å². The lowest BCUT2D eigenvalue weighted by Crippen LogP contribution is -2.27. The molecule has 27 heavy (non-hydrogen) atoms. The van der Waals surface area contributed by atoms with Crippen LogP contribution in [-0.4, -0.2) is 20.9 Å². The van der Waals surface area contributed by atoms with E-state index in [4.69, 9.17) is 27.9 Å². The summed E-state index contributed by atoms with van der Waals surface area (Å²) in [5.74, 6) is -0.287. The van der Waals surface area contributed by atoms with Crippen molar-refractivity contribution in [3.05, 3.63) is 81.1 Å². The van der Waals surface area contributed by atoms with Crippen LogP contribution in [0.2, 0.25) is 10.0 Å². The maximum atomic E-state index is 12.5. The first-order valence-electron chi connectivity index (χ1n) is 8.42. The Morgan fingerprint density at radius 2 is 2.00 bits per heavy atom. The Kier molecular flexibility index (Phi) is 5.11. The third-order valence-corrected chi connectivity index (χ3v) is 4.88. The molecule has 0 fully saturated rings. The lowest BCUT2D eigenvalue weighted by molar-refractivity contribution is -0.00176. The Hall–Kier alpha value is -2.41. The van der Waals surface area contributed by atoms with E-state index in [0.717, 1.165) is 11.1 Å². The fourth-order valence-corrected chi connectivity index (χ4v) is 3.32. The number of ether oxygens (including phenoxy) is 1. The van der Waals surface area contributed by atoms with Crippen molar-refractivity contribution < 1.29 is 9.53 Å². The zero-order valence-electron chi connectivity index (χ0n) is 14.2. The number of carbonyl (C=O) groups is 1. The summed E-state index contributed by atoms with van der Waals surface area (Å²) in [5, 5.41) is 12.3. The SMILES string of the molecule is O=C(NCc1cccc(Cl)c1)c1nnn2c1CO[C@@H](c1ccc(Cl)cc1)C2. The van der Waals surface area contributed by atoms with Crippen molar-refractivity contribution >= 4 is 29.1 Å². The molecule has 0 saturated heterocycles. The highest BCUT2D eigenvalue weighted by Gasteiger charge is 2.27. The third-order valence-electron chi connectivity index (χ3n) is 4.40. The van der Waals surface area contributed by atoms with Gasteiger partial charge in [0.1, 0.15) is 6.10 Å². The maximum absolute atomic E-state index is 12.5. The molecule has 1 N–H and O–H groups in total. The molecule has 0 aliphatic carbocycles. The number of hydrogen-bond donors (Lipinski definition) is 1. The molecule has 1 aliphatic heterocycles. The van der Waals surface area contributed by atoms with Crippen molar-refractivity contribution in [2.24, 2.45) is 0 Å². The summed E-state index contributed by atoms with van der Waals surface area (Å²) < 4.78 is 7.64. The summed E-state index contributed by atoms with van der Waals surface area (Å²) in [5.41, 5.74) is 2.87. The number of halogens is 2. The highest BCUT2D eigenvalue weighted by molar-refractivity contribution is 6.30. The summed E-state index contributed by atoms with van der Waals surface area (Å²) in [6.45, 7) is 1.12. The van der Waals surface area contributed by atoms with Gasteiger partial charge in [0, 0.05) is 16.6 Å². The fraction of sp³-hybridized carbons (Fsp3) is 0.211. The molecule has 1 aliphatic rings.